The molecule has 5 heteroatoms. The van der Waals surface area contributed by atoms with Gasteiger partial charge < -0.3 is 0 Å². The highest BCUT2D eigenvalue weighted by Gasteiger charge is 2.26. The zero-order valence-electron chi connectivity index (χ0n) is 8.67. The van der Waals surface area contributed by atoms with Gasteiger partial charge in [-0.15, -0.1) is 10.2 Å². The van der Waals surface area contributed by atoms with Crippen LogP contribution in [0.5, 0.6) is 0 Å². The molecule has 2 heterocycles. The fourth-order valence-electron chi connectivity index (χ4n) is 1.94. The van der Waals surface area contributed by atoms with Crippen LogP contribution in [0.15, 0.2) is 29.6 Å². The second-order valence-corrected chi connectivity index (χ2v) is 5.05. The fraction of sp³-hybridized carbons (Fsp3) is 0.364. The summed E-state index contributed by atoms with van der Waals surface area (Å²) in [5.74, 6) is 0.345. The molecule has 0 spiro atoms. The van der Waals surface area contributed by atoms with Crippen LogP contribution < -0.4 is 0 Å². The number of nitrogens with zero attached hydrogens (tertiary/aromatic N) is 3. The zero-order valence-corrected chi connectivity index (χ0v) is 9.48. The first-order valence-electron chi connectivity index (χ1n) is 5.34. The lowest BCUT2D eigenvalue weighted by molar-refractivity contribution is -0.116. The lowest BCUT2D eigenvalue weighted by Crippen LogP contribution is -2.08. The number of pyridine rings is 1. The molecule has 4 nitrogen and oxygen atoms in total. The number of fused-ring (bicyclic) bond motifs is 1. The third kappa shape index (κ3) is 1.61. The average molecular weight is 233 g/mol. The van der Waals surface area contributed by atoms with E-state index >= 15 is 0 Å². The van der Waals surface area contributed by atoms with Gasteiger partial charge in [-0.25, -0.2) is 0 Å². The third-order valence-electron chi connectivity index (χ3n) is 2.78. The van der Waals surface area contributed by atoms with Gasteiger partial charge >= 0.3 is 0 Å². The third-order valence-corrected chi connectivity index (χ3v) is 4.05. The largest absolute Gasteiger partial charge is 0.298 e. The predicted octanol–water partition coefficient (Wildman–Crippen LogP) is 1.94. The van der Waals surface area contributed by atoms with Crippen molar-refractivity contribution in [3.8, 4) is 0 Å². The van der Waals surface area contributed by atoms with E-state index in [0.717, 1.165) is 23.6 Å². The van der Waals surface area contributed by atoms with Crippen LogP contribution in [0.2, 0.25) is 0 Å². The molecule has 3 rings (SSSR count). The fourth-order valence-corrected chi connectivity index (χ4v) is 3.08. The summed E-state index contributed by atoms with van der Waals surface area (Å²) < 4.78 is 1.93. The van der Waals surface area contributed by atoms with E-state index in [2.05, 4.69) is 10.2 Å². The van der Waals surface area contributed by atoms with Crippen molar-refractivity contribution in [2.75, 3.05) is 0 Å². The first-order chi connectivity index (χ1) is 7.84. The molecule has 1 saturated carbocycles. The summed E-state index contributed by atoms with van der Waals surface area (Å²) in [5, 5.41) is 9.08. The van der Waals surface area contributed by atoms with Crippen molar-refractivity contribution < 1.29 is 4.79 Å². The quantitative estimate of drug-likeness (QED) is 0.795. The first-order valence-corrected chi connectivity index (χ1v) is 6.22. The van der Waals surface area contributed by atoms with Gasteiger partial charge in [-0.3, -0.25) is 9.20 Å². The summed E-state index contributed by atoms with van der Waals surface area (Å²) >= 11 is 1.54. The van der Waals surface area contributed by atoms with E-state index in [9.17, 15) is 4.79 Å². The van der Waals surface area contributed by atoms with Crippen LogP contribution in [0, 0.1) is 0 Å². The number of carbonyl (C=O) groups excluding carboxylic acids is 1. The van der Waals surface area contributed by atoms with Crippen molar-refractivity contribution in [3.63, 3.8) is 0 Å². The second kappa shape index (κ2) is 3.90. The number of carbonyl (C=O) groups is 1. The van der Waals surface area contributed by atoms with Crippen molar-refractivity contribution in [1.82, 2.24) is 14.6 Å². The van der Waals surface area contributed by atoms with Gasteiger partial charge in [0.1, 0.15) is 5.78 Å². The summed E-state index contributed by atoms with van der Waals surface area (Å²) in [4.78, 5) is 11.6. The van der Waals surface area contributed by atoms with Crippen molar-refractivity contribution >= 4 is 23.2 Å². The predicted molar refractivity (Wildman–Crippen MR) is 61.5 cm³/mol. The molecule has 2 aromatic heterocycles. The molecule has 2 aromatic rings. The Morgan fingerprint density at radius 2 is 2.31 bits per heavy atom. The molecule has 82 valence electrons. The van der Waals surface area contributed by atoms with Crippen LogP contribution in [-0.4, -0.2) is 25.6 Å². The molecule has 1 aliphatic rings. The molecular formula is C11H11N3OS. The van der Waals surface area contributed by atoms with Gasteiger partial charge in [-0.05, 0) is 25.0 Å². The minimum absolute atomic E-state index is 0.0765. The first kappa shape index (κ1) is 9.84. The number of Topliss-reactive ketones (excluding diaryl/α,β-unsaturated/α-hetero) is 1. The molecular weight excluding hydrogens is 222 g/mol. The minimum atomic E-state index is 0.0765. The van der Waals surface area contributed by atoms with Crippen molar-refractivity contribution in [1.29, 1.82) is 0 Å². The van der Waals surface area contributed by atoms with Crippen LogP contribution in [0.3, 0.4) is 0 Å². The number of aromatic nitrogens is 3. The van der Waals surface area contributed by atoms with Crippen LogP contribution in [0.4, 0.5) is 0 Å². The molecule has 1 unspecified atom stereocenters. The van der Waals surface area contributed by atoms with E-state index < -0.39 is 0 Å². The molecule has 0 radical (unpaired) electrons. The summed E-state index contributed by atoms with van der Waals surface area (Å²) in [5.41, 5.74) is 0.829. The van der Waals surface area contributed by atoms with Crippen LogP contribution in [0.1, 0.15) is 19.3 Å². The molecule has 16 heavy (non-hydrogen) atoms. The number of thioether (sulfide) groups is 1. The Bertz CT molecular complexity index is 537. The van der Waals surface area contributed by atoms with Gasteiger partial charge in [0.2, 0.25) is 0 Å². The van der Waals surface area contributed by atoms with Gasteiger partial charge in [-0.2, -0.15) is 0 Å². The molecule has 1 fully saturated rings. The lowest BCUT2D eigenvalue weighted by Gasteiger charge is -2.04. The molecule has 0 N–H and O–H groups in total. The summed E-state index contributed by atoms with van der Waals surface area (Å²) in [6.07, 6.45) is 4.62. The maximum Gasteiger partial charge on any atom is 0.196 e. The summed E-state index contributed by atoms with van der Waals surface area (Å²) in [6, 6.07) is 5.78. The van der Waals surface area contributed by atoms with E-state index in [1.165, 1.54) is 11.8 Å². The summed E-state index contributed by atoms with van der Waals surface area (Å²) in [6.45, 7) is 0. The SMILES string of the molecule is O=C1CCCC1Sc1nnc2ccccn12. The second-order valence-electron chi connectivity index (χ2n) is 3.88. The van der Waals surface area contributed by atoms with Crippen LogP contribution >= 0.6 is 11.8 Å². The molecule has 0 bridgehead atoms. The van der Waals surface area contributed by atoms with E-state index in [0.29, 0.717) is 12.2 Å². The number of rotatable bonds is 2. The molecule has 1 atom stereocenters. The highest BCUT2D eigenvalue weighted by molar-refractivity contribution is 8.00. The zero-order chi connectivity index (χ0) is 11.0. The van der Waals surface area contributed by atoms with Gasteiger partial charge in [0, 0.05) is 12.6 Å². The number of ketones is 1. The smallest absolute Gasteiger partial charge is 0.196 e. The highest BCUT2D eigenvalue weighted by Crippen LogP contribution is 2.31. The molecule has 0 aromatic carbocycles. The Balaban J connectivity index is 1.92. The van der Waals surface area contributed by atoms with Gasteiger partial charge in [-0.1, -0.05) is 17.8 Å². The number of hydrogen-bond acceptors (Lipinski definition) is 4. The van der Waals surface area contributed by atoms with Gasteiger partial charge in [0.15, 0.2) is 10.8 Å². The van der Waals surface area contributed by atoms with E-state index in [1.807, 2.05) is 28.8 Å². The van der Waals surface area contributed by atoms with Crippen LogP contribution in [0.25, 0.3) is 5.65 Å². The minimum Gasteiger partial charge on any atom is -0.298 e. The molecule has 0 aliphatic heterocycles. The van der Waals surface area contributed by atoms with E-state index in [-0.39, 0.29) is 5.25 Å². The Kier molecular flexibility index (Phi) is 2.40. The Morgan fingerprint density at radius 1 is 1.38 bits per heavy atom. The standard InChI is InChI=1S/C11H11N3OS/c15-8-4-3-5-9(8)16-11-13-12-10-6-1-2-7-14(10)11/h1-2,6-7,9H,3-5H2. The number of hydrogen-bond donors (Lipinski definition) is 0. The normalized spacial score (nSPS) is 20.8. The molecule has 0 amide bonds. The Labute approximate surface area is 97.1 Å². The molecule has 1 aliphatic carbocycles. The van der Waals surface area contributed by atoms with Crippen molar-refractivity contribution in [3.05, 3.63) is 24.4 Å². The highest BCUT2D eigenvalue weighted by atomic mass is 32.2. The van der Waals surface area contributed by atoms with E-state index in [1.54, 1.807) is 0 Å². The van der Waals surface area contributed by atoms with E-state index in [4.69, 9.17) is 0 Å². The Hall–Kier alpha value is -1.36. The molecule has 0 saturated heterocycles. The maximum atomic E-state index is 11.6. The Morgan fingerprint density at radius 3 is 3.12 bits per heavy atom. The van der Waals surface area contributed by atoms with Crippen molar-refractivity contribution in [2.45, 2.75) is 29.7 Å². The summed E-state index contributed by atoms with van der Waals surface area (Å²) in [7, 11) is 0. The van der Waals surface area contributed by atoms with Gasteiger partial charge in [0.25, 0.3) is 0 Å². The average Bonchev–Trinajstić information content (AvgIpc) is 2.88. The van der Waals surface area contributed by atoms with Crippen molar-refractivity contribution in [2.24, 2.45) is 0 Å². The topological polar surface area (TPSA) is 47.3 Å². The van der Waals surface area contributed by atoms with Crippen LogP contribution in [-0.2, 0) is 4.79 Å². The monoisotopic (exact) mass is 233 g/mol. The van der Waals surface area contributed by atoms with Gasteiger partial charge in [0.05, 0.1) is 5.25 Å². The maximum absolute atomic E-state index is 11.6. The lowest BCUT2D eigenvalue weighted by atomic mass is 10.3.